The Morgan fingerprint density at radius 2 is 1.63 bits per heavy atom. The van der Waals surface area contributed by atoms with Crippen molar-refractivity contribution in [1.82, 2.24) is 14.8 Å². The van der Waals surface area contributed by atoms with Gasteiger partial charge in [-0.3, -0.25) is 0 Å². The third kappa shape index (κ3) is 3.91. The summed E-state index contributed by atoms with van der Waals surface area (Å²) in [6, 6.07) is 7.75. The number of nitrogens with zero attached hydrogens (tertiary/aromatic N) is 3. The number of carbonyl (C=O) groups is 1. The highest BCUT2D eigenvalue weighted by molar-refractivity contribution is 5.96. The molecule has 3 aromatic rings. The van der Waals surface area contributed by atoms with E-state index in [1.54, 1.807) is 6.92 Å². The van der Waals surface area contributed by atoms with Crippen molar-refractivity contribution in [3.8, 4) is 17.0 Å². The Morgan fingerprint density at radius 3 is 2.13 bits per heavy atom. The third-order valence-electron chi connectivity index (χ3n) is 5.11. The van der Waals surface area contributed by atoms with Gasteiger partial charge in [0.05, 0.1) is 6.61 Å². The lowest BCUT2D eigenvalue weighted by Gasteiger charge is -2.28. The molecule has 160 valence electrons. The van der Waals surface area contributed by atoms with Crippen molar-refractivity contribution in [2.24, 2.45) is 0 Å². The van der Waals surface area contributed by atoms with Crippen LogP contribution < -0.4 is 0 Å². The van der Waals surface area contributed by atoms with Gasteiger partial charge in [0.1, 0.15) is 11.4 Å². The summed E-state index contributed by atoms with van der Waals surface area (Å²) in [4.78, 5) is 17.1. The molecule has 0 amide bonds. The van der Waals surface area contributed by atoms with Gasteiger partial charge in [0, 0.05) is 27.8 Å². The third-order valence-corrected chi connectivity index (χ3v) is 5.11. The Hall–Kier alpha value is -2.89. The molecule has 6 nitrogen and oxygen atoms in total. The maximum atomic E-state index is 12.5. The van der Waals surface area contributed by atoms with E-state index in [0.29, 0.717) is 17.1 Å². The molecule has 0 radical (unpaired) electrons. The van der Waals surface area contributed by atoms with Gasteiger partial charge in [0.25, 0.3) is 0 Å². The number of fused-ring (bicyclic) bond motifs is 1. The summed E-state index contributed by atoms with van der Waals surface area (Å²) in [5.74, 6) is 0.307. The predicted molar refractivity (Wildman–Crippen MR) is 119 cm³/mol. The monoisotopic (exact) mass is 409 g/mol. The smallest absolute Gasteiger partial charge is 0.436 e. The van der Waals surface area contributed by atoms with Crippen LogP contribution in [0.3, 0.4) is 0 Å². The summed E-state index contributed by atoms with van der Waals surface area (Å²) in [5.41, 5.74) is 3.86. The Kier molecular flexibility index (Phi) is 5.39. The lowest BCUT2D eigenvalue weighted by Crippen LogP contribution is -2.17. The van der Waals surface area contributed by atoms with Crippen LogP contribution in [0.25, 0.3) is 22.3 Å². The van der Waals surface area contributed by atoms with Crippen LogP contribution in [0.4, 0.5) is 4.79 Å². The Labute approximate surface area is 177 Å². The van der Waals surface area contributed by atoms with Crippen LogP contribution in [0.15, 0.2) is 24.3 Å². The second kappa shape index (κ2) is 7.42. The number of pyridine rings is 1. The van der Waals surface area contributed by atoms with Crippen molar-refractivity contribution in [2.45, 2.75) is 66.2 Å². The molecule has 0 unspecified atom stereocenters. The van der Waals surface area contributed by atoms with E-state index >= 15 is 0 Å². The van der Waals surface area contributed by atoms with E-state index in [-0.39, 0.29) is 17.4 Å². The zero-order valence-electron chi connectivity index (χ0n) is 19.1. The standard InChI is InChI=1S/C24H31N3O3/c1-9-30-22(29)27-21-16(11-10-14(2)25-21)19(26-27)15-12-17(23(3,4)5)20(28)18(13-15)24(6,7)8/h10-13,28H,9H2,1-8H3. The van der Waals surface area contributed by atoms with Gasteiger partial charge >= 0.3 is 6.09 Å². The zero-order chi connectivity index (χ0) is 22.4. The Bertz CT molecular complexity index is 1080. The minimum absolute atomic E-state index is 0.253. The molecule has 2 heterocycles. The number of aromatic hydroxyl groups is 1. The van der Waals surface area contributed by atoms with E-state index in [1.165, 1.54) is 4.68 Å². The minimum Gasteiger partial charge on any atom is -0.507 e. The van der Waals surface area contributed by atoms with Crippen molar-refractivity contribution in [3.05, 3.63) is 41.1 Å². The molecular weight excluding hydrogens is 378 g/mol. The molecule has 0 aliphatic heterocycles. The number of hydrogen-bond acceptors (Lipinski definition) is 5. The zero-order valence-corrected chi connectivity index (χ0v) is 19.1. The molecule has 0 aliphatic carbocycles. The average Bonchev–Trinajstić information content (AvgIpc) is 2.99. The van der Waals surface area contributed by atoms with Crippen molar-refractivity contribution >= 4 is 17.1 Å². The van der Waals surface area contributed by atoms with E-state index in [4.69, 9.17) is 4.74 Å². The molecule has 0 saturated heterocycles. The van der Waals surface area contributed by atoms with Crippen LogP contribution in [0.2, 0.25) is 0 Å². The molecule has 1 N–H and O–H groups in total. The van der Waals surface area contributed by atoms with Gasteiger partial charge in [-0.05, 0) is 48.9 Å². The molecule has 0 bridgehead atoms. The molecule has 0 atom stereocenters. The number of phenolic OH excluding ortho intramolecular Hbond substituents is 1. The number of carbonyl (C=O) groups excluding carboxylic acids is 1. The van der Waals surface area contributed by atoms with Gasteiger partial charge in [-0.1, -0.05) is 41.5 Å². The molecule has 0 saturated carbocycles. The molecule has 3 rings (SSSR count). The van der Waals surface area contributed by atoms with Gasteiger partial charge in [-0.2, -0.15) is 5.10 Å². The lowest BCUT2D eigenvalue weighted by molar-refractivity contribution is 0.151. The van der Waals surface area contributed by atoms with Crippen LogP contribution in [0, 0.1) is 6.92 Å². The molecule has 1 aromatic carbocycles. The first kappa shape index (κ1) is 21.8. The highest BCUT2D eigenvalue weighted by Gasteiger charge is 2.28. The minimum atomic E-state index is -0.558. The summed E-state index contributed by atoms with van der Waals surface area (Å²) in [6.07, 6.45) is -0.558. The summed E-state index contributed by atoms with van der Waals surface area (Å²) in [7, 11) is 0. The Morgan fingerprint density at radius 1 is 1.07 bits per heavy atom. The predicted octanol–water partition coefficient (Wildman–Crippen LogP) is 5.71. The normalized spacial score (nSPS) is 12.4. The van der Waals surface area contributed by atoms with Crippen LogP contribution >= 0.6 is 0 Å². The lowest BCUT2D eigenvalue weighted by atomic mass is 9.78. The number of benzene rings is 1. The first-order valence-electron chi connectivity index (χ1n) is 10.3. The molecule has 0 fully saturated rings. The first-order chi connectivity index (χ1) is 13.8. The van der Waals surface area contributed by atoms with E-state index in [2.05, 4.69) is 51.6 Å². The van der Waals surface area contributed by atoms with Crippen LogP contribution in [0.5, 0.6) is 5.75 Å². The SMILES string of the molecule is CCOC(=O)n1nc(-c2cc(C(C)(C)C)c(O)c(C(C)(C)C)c2)c2ccc(C)nc21. The number of rotatable bonds is 2. The van der Waals surface area contributed by atoms with Crippen LogP contribution in [0.1, 0.15) is 65.3 Å². The van der Waals surface area contributed by atoms with Crippen molar-refractivity contribution in [3.63, 3.8) is 0 Å². The number of phenols is 1. The van der Waals surface area contributed by atoms with Gasteiger partial charge in [-0.15, -0.1) is 4.68 Å². The average molecular weight is 410 g/mol. The highest BCUT2D eigenvalue weighted by atomic mass is 16.5. The van der Waals surface area contributed by atoms with Gasteiger partial charge in [-0.25, -0.2) is 9.78 Å². The fraction of sp³-hybridized carbons (Fsp3) is 0.458. The van der Waals surface area contributed by atoms with Gasteiger partial charge in [0.2, 0.25) is 0 Å². The number of ether oxygens (including phenoxy) is 1. The van der Waals surface area contributed by atoms with E-state index in [0.717, 1.165) is 27.8 Å². The second-order valence-corrected chi connectivity index (χ2v) is 9.70. The van der Waals surface area contributed by atoms with Crippen LogP contribution in [-0.4, -0.2) is 32.6 Å². The van der Waals surface area contributed by atoms with E-state index < -0.39 is 6.09 Å². The second-order valence-electron chi connectivity index (χ2n) is 9.70. The molecular formula is C24H31N3O3. The van der Waals surface area contributed by atoms with Gasteiger partial charge in [0.15, 0.2) is 5.65 Å². The maximum Gasteiger partial charge on any atom is 0.436 e. The molecule has 0 aliphatic rings. The molecule has 2 aromatic heterocycles. The summed E-state index contributed by atoms with van der Waals surface area (Å²) >= 11 is 0. The Balaban J connectivity index is 2.37. The summed E-state index contributed by atoms with van der Waals surface area (Å²) < 4.78 is 6.41. The molecule has 0 spiro atoms. The maximum absolute atomic E-state index is 12.5. The van der Waals surface area contributed by atoms with E-state index in [1.807, 2.05) is 31.2 Å². The number of hydrogen-bond donors (Lipinski definition) is 1. The van der Waals surface area contributed by atoms with Crippen LogP contribution in [-0.2, 0) is 15.6 Å². The summed E-state index contributed by atoms with van der Waals surface area (Å²) in [6.45, 7) is 16.3. The number of aryl methyl sites for hydroxylation is 1. The summed E-state index contributed by atoms with van der Waals surface area (Å²) in [5, 5.41) is 16.4. The van der Waals surface area contributed by atoms with Gasteiger partial charge < -0.3 is 9.84 Å². The largest absolute Gasteiger partial charge is 0.507 e. The van der Waals surface area contributed by atoms with Crippen molar-refractivity contribution < 1.29 is 14.6 Å². The van der Waals surface area contributed by atoms with Crippen molar-refractivity contribution in [1.29, 1.82) is 0 Å². The fourth-order valence-electron chi connectivity index (χ4n) is 3.53. The fourth-order valence-corrected chi connectivity index (χ4v) is 3.53. The first-order valence-corrected chi connectivity index (χ1v) is 10.3. The highest BCUT2D eigenvalue weighted by Crippen LogP contribution is 2.42. The quantitative estimate of drug-likeness (QED) is 0.586. The van der Waals surface area contributed by atoms with Crippen molar-refractivity contribution in [2.75, 3.05) is 6.61 Å². The molecule has 30 heavy (non-hydrogen) atoms. The topological polar surface area (TPSA) is 77.2 Å². The number of aromatic nitrogens is 3. The molecule has 6 heteroatoms. The van der Waals surface area contributed by atoms with E-state index in [9.17, 15) is 9.90 Å².